The number of rotatable bonds is 5. The van der Waals surface area contributed by atoms with Gasteiger partial charge in [0.05, 0.1) is 24.5 Å². The standard InChI is InChI=1S/C18H16F3N3O4/c1-24(22-10-11-3-5-12(6-4-11)16(25)23-27)17(26)14-9-13(28-2)7-8-15(14)18(19,20)21/h3-10,27H,1-2H3,(H,23,25). The molecule has 0 radical (unpaired) electrons. The van der Waals surface area contributed by atoms with Crippen LogP contribution in [0.15, 0.2) is 47.6 Å². The quantitative estimate of drug-likeness (QED) is 0.463. The largest absolute Gasteiger partial charge is 0.497 e. The molecule has 7 nitrogen and oxygen atoms in total. The summed E-state index contributed by atoms with van der Waals surface area (Å²) in [6, 6.07) is 8.66. The highest BCUT2D eigenvalue weighted by atomic mass is 19.4. The minimum Gasteiger partial charge on any atom is -0.497 e. The molecule has 0 heterocycles. The maximum Gasteiger partial charge on any atom is 0.417 e. The van der Waals surface area contributed by atoms with Gasteiger partial charge in [0, 0.05) is 12.6 Å². The fourth-order valence-electron chi connectivity index (χ4n) is 2.24. The minimum absolute atomic E-state index is 0.103. The van der Waals surface area contributed by atoms with Gasteiger partial charge >= 0.3 is 6.18 Å². The summed E-state index contributed by atoms with van der Waals surface area (Å²) in [6.07, 6.45) is -3.48. The fraction of sp³-hybridized carbons (Fsp3) is 0.167. The van der Waals surface area contributed by atoms with Crippen LogP contribution < -0.4 is 10.2 Å². The lowest BCUT2D eigenvalue weighted by Gasteiger charge is -2.16. The summed E-state index contributed by atoms with van der Waals surface area (Å²) in [4.78, 5) is 23.7. The highest BCUT2D eigenvalue weighted by Crippen LogP contribution is 2.34. The zero-order chi connectivity index (χ0) is 20.9. The van der Waals surface area contributed by atoms with Crippen LogP contribution in [-0.4, -0.2) is 42.4 Å². The van der Waals surface area contributed by atoms with Crippen LogP contribution in [0.5, 0.6) is 5.75 Å². The Morgan fingerprint density at radius 1 is 1.18 bits per heavy atom. The zero-order valence-electron chi connectivity index (χ0n) is 14.8. The number of halogens is 3. The Balaban J connectivity index is 2.25. The lowest BCUT2D eigenvalue weighted by Crippen LogP contribution is -2.25. The van der Waals surface area contributed by atoms with Crippen molar-refractivity contribution in [3.05, 3.63) is 64.7 Å². The second kappa shape index (κ2) is 8.53. The summed E-state index contributed by atoms with van der Waals surface area (Å²) >= 11 is 0. The molecule has 148 valence electrons. The predicted molar refractivity (Wildman–Crippen MR) is 93.4 cm³/mol. The van der Waals surface area contributed by atoms with Gasteiger partial charge in [0.2, 0.25) is 0 Å². The maximum atomic E-state index is 13.2. The first-order valence-electron chi connectivity index (χ1n) is 7.79. The van der Waals surface area contributed by atoms with Crippen molar-refractivity contribution in [2.75, 3.05) is 14.2 Å². The molecule has 28 heavy (non-hydrogen) atoms. The van der Waals surface area contributed by atoms with E-state index >= 15 is 0 Å². The molecule has 2 aromatic carbocycles. The van der Waals surface area contributed by atoms with Gasteiger partial charge in [-0.2, -0.15) is 18.3 Å². The third kappa shape index (κ3) is 4.86. The van der Waals surface area contributed by atoms with Crippen LogP contribution >= 0.6 is 0 Å². The molecule has 0 saturated carbocycles. The number of amides is 2. The van der Waals surface area contributed by atoms with E-state index in [0.717, 1.165) is 23.2 Å². The first-order chi connectivity index (χ1) is 13.2. The van der Waals surface area contributed by atoms with E-state index in [0.29, 0.717) is 5.56 Å². The highest BCUT2D eigenvalue weighted by Gasteiger charge is 2.36. The van der Waals surface area contributed by atoms with Crippen LogP contribution in [0, 0.1) is 0 Å². The Labute approximate surface area is 158 Å². The number of hydrogen-bond donors (Lipinski definition) is 2. The lowest BCUT2D eigenvalue weighted by atomic mass is 10.1. The molecule has 0 aromatic heterocycles. The van der Waals surface area contributed by atoms with Crippen molar-refractivity contribution < 1.29 is 32.7 Å². The summed E-state index contributed by atoms with van der Waals surface area (Å²) in [7, 11) is 2.49. The number of alkyl halides is 3. The third-order valence-corrected chi connectivity index (χ3v) is 3.71. The van der Waals surface area contributed by atoms with Gasteiger partial charge in [0.1, 0.15) is 5.75 Å². The molecule has 0 fully saturated rings. The minimum atomic E-state index is -4.72. The molecule has 0 aliphatic carbocycles. The number of methoxy groups -OCH3 is 1. The number of nitrogens with one attached hydrogen (secondary N) is 1. The maximum absolute atomic E-state index is 13.2. The third-order valence-electron chi connectivity index (χ3n) is 3.71. The Bertz CT molecular complexity index is 896. The van der Waals surface area contributed by atoms with Crippen LogP contribution in [-0.2, 0) is 6.18 Å². The van der Waals surface area contributed by atoms with Gasteiger partial charge in [-0.25, -0.2) is 10.5 Å². The molecule has 2 amide bonds. The summed E-state index contributed by atoms with van der Waals surface area (Å²) in [5, 5.41) is 13.2. The first kappa shape index (κ1) is 20.9. The van der Waals surface area contributed by atoms with Crippen molar-refractivity contribution in [1.29, 1.82) is 0 Å². The first-order valence-corrected chi connectivity index (χ1v) is 7.79. The van der Waals surface area contributed by atoms with Gasteiger partial charge in [-0.3, -0.25) is 14.8 Å². The molecule has 0 bridgehead atoms. The Hall–Kier alpha value is -3.40. The zero-order valence-corrected chi connectivity index (χ0v) is 14.8. The average Bonchev–Trinajstić information content (AvgIpc) is 2.69. The summed E-state index contributed by atoms with van der Waals surface area (Å²) < 4.78 is 44.5. The van der Waals surface area contributed by atoms with E-state index in [1.165, 1.54) is 50.1 Å². The van der Waals surface area contributed by atoms with Gasteiger partial charge in [-0.15, -0.1) is 0 Å². The van der Waals surface area contributed by atoms with Gasteiger partial charge in [0.25, 0.3) is 11.8 Å². The number of nitrogens with zero attached hydrogens (tertiary/aromatic N) is 2. The number of carbonyl (C=O) groups excluding carboxylic acids is 2. The second-order valence-electron chi connectivity index (χ2n) is 5.55. The molecule has 0 spiro atoms. The molecular formula is C18H16F3N3O4. The van der Waals surface area contributed by atoms with Gasteiger partial charge in [0.15, 0.2) is 0 Å². The van der Waals surface area contributed by atoms with Crippen molar-refractivity contribution >= 4 is 18.0 Å². The monoisotopic (exact) mass is 395 g/mol. The van der Waals surface area contributed by atoms with E-state index in [1.54, 1.807) is 0 Å². The lowest BCUT2D eigenvalue weighted by molar-refractivity contribution is -0.138. The van der Waals surface area contributed by atoms with Crippen molar-refractivity contribution in [2.24, 2.45) is 5.10 Å². The number of hydrazone groups is 1. The average molecular weight is 395 g/mol. The molecule has 10 heteroatoms. The SMILES string of the molecule is COc1ccc(C(F)(F)F)c(C(=O)N(C)N=Cc2ccc(C(=O)NO)cc2)c1. The number of ether oxygens (including phenoxy) is 1. The van der Waals surface area contributed by atoms with Crippen molar-refractivity contribution in [1.82, 2.24) is 10.5 Å². The van der Waals surface area contributed by atoms with E-state index in [4.69, 9.17) is 9.94 Å². The van der Waals surface area contributed by atoms with E-state index in [-0.39, 0.29) is 11.3 Å². The smallest absolute Gasteiger partial charge is 0.417 e. The van der Waals surface area contributed by atoms with E-state index in [2.05, 4.69) is 5.10 Å². The predicted octanol–water partition coefficient (Wildman–Crippen LogP) is 2.94. The highest BCUT2D eigenvalue weighted by molar-refractivity contribution is 5.97. The van der Waals surface area contributed by atoms with Gasteiger partial charge in [-0.05, 0) is 35.9 Å². The molecule has 0 saturated heterocycles. The summed E-state index contributed by atoms with van der Waals surface area (Å²) in [5.41, 5.74) is 0.462. The fourth-order valence-corrected chi connectivity index (χ4v) is 2.24. The molecule has 2 N–H and O–H groups in total. The topological polar surface area (TPSA) is 91.2 Å². The summed E-state index contributed by atoms with van der Waals surface area (Å²) in [6.45, 7) is 0. The number of hydroxylamine groups is 1. The number of hydrogen-bond acceptors (Lipinski definition) is 5. The summed E-state index contributed by atoms with van der Waals surface area (Å²) in [5.74, 6) is -1.57. The van der Waals surface area contributed by atoms with Gasteiger partial charge in [-0.1, -0.05) is 12.1 Å². The van der Waals surface area contributed by atoms with E-state index in [9.17, 15) is 22.8 Å². The normalized spacial score (nSPS) is 11.4. The molecule has 2 rings (SSSR count). The Kier molecular flexibility index (Phi) is 6.37. The molecule has 2 aromatic rings. The van der Waals surface area contributed by atoms with Crippen LogP contribution in [0.2, 0.25) is 0 Å². The number of benzene rings is 2. The Morgan fingerprint density at radius 2 is 1.82 bits per heavy atom. The molecule has 0 aliphatic heterocycles. The van der Waals surface area contributed by atoms with E-state index < -0.39 is 29.1 Å². The van der Waals surface area contributed by atoms with Crippen LogP contribution in [0.1, 0.15) is 31.8 Å². The second-order valence-corrected chi connectivity index (χ2v) is 5.55. The molecule has 0 atom stereocenters. The Morgan fingerprint density at radius 3 is 2.36 bits per heavy atom. The van der Waals surface area contributed by atoms with Crippen molar-refractivity contribution in [3.8, 4) is 5.75 Å². The van der Waals surface area contributed by atoms with Crippen molar-refractivity contribution in [2.45, 2.75) is 6.18 Å². The van der Waals surface area contributed by atoms with Crippen LogP contribution in [0.3, 0.4) is 0 Å². The van der Waals surface area contributed by atoms with Crippen molar-refractivity contribution in [3.63, 3.8) is 0 Å². The van der Waals surface area contributed by atoms with Crippen LogP contribution in [0.4, 0.5) is 13.2 Å². The van der Waals surface area contributed by atoms with E-state index in [1.807, 2.05) is 0 Å². The molecule has 0 unspecified atom stereocenters. The van der Waals surface area contributed by atoms with Gasteiger partial charge < -0.3 is 4.74 Å². The van der Waals surface area contributed by atoms with Crippen LogP contribution in [0.25, 0.3) is 0 Å². The molecule has 0 aliphatic rings. The number of carbonyl (C=O) groups is 2. The molecular weight excluding hydrogens is 379 g/mol.